The number of carbonyl (C=O) groups is 2. The van der Waals surface area contributed by atoms with Crippen LogP contribution >= 0.6 is 0 Å². The van der Waals surface area contributed by atoms with Gasteiger partial charge in [0, 0.05) is 23.3 Å². The molecule has 3 heteroatoms. The van der Waals surface area contributed by atoms with Crippen molar-refractivity contribution in [2.75, 3.05) is 0 Å². The Kier molecular flexibility index (Phi) is 3.28. The van der Waals surface area contributed by atoms with Crippen LogP contribution in [0.3, 0.4) is 0 Å². The molecule has 1 aliphatic rings. The summed E-state index contributed by atoms with van der Waals surface area (Å²) in [5.74, 6) is 0.0637. The summed E-state index contributed by atoms with van der Waals surface area (Å²) >= 11 is 0. The summed E-state index contributed by atoms with van der Waals surface area (Å²) in [5, 5.41) is 1.61. The second-order valence-electron chi connectivity index (χ2n) is 5.72. The van der Waals surface area contributed by atoms with E-state index in [9.17, 15) is 9.59 Å². The van der Waals surface area contributed by atoms with Gasteiger partial charge in [-0.25, -0.2) is 0 Å². The number of ketones is 1. The van der Waals surface area contributed by atoms with Crippen molar-refractivity contribution in [3.05, 3.63) is 71.8 Å². The van der Waals surface area contributed by atoms with Gasteiger partial charge >= 0.3 is 5.97 Å². The first-order chi connectivity index (χ1) is 11.6. The van der Waals surface area contributed by atoms with Crippen molar-refractivity contribution in [2.45, 2.75) is 6.92 Å². The van der Waals surface area contributed by atoms with E-state index in [1.807, 2.05) is 54.6 Å². The Hall–Kier alpha value is -3.20. The molecule has 0 fully saturated rings. The van der Waals surface area contributed by atoms with Gasteiger partial charge in [0.15, 0.2) is 5.78 Å². The van der Waals surface area contributed by atoms with Crippen LogP contribution in [0.2, 0.25) is 0 Å². The van der Waals surface area contributed by atoms with E-state index in [0.717, 1.165) is 27.5 Å². The highest BCUT2D eigenvalue weighted by atomic mass is 16.5. The number of esters is 1. The molecule has 116 valence electrons. The van der Waals surface area contributed by atoms with Crippen LogP contribution in [0.5, 0.6) is 5.75 Å². The van der Waals surface area contributed by atoms with E-state index < -0.39 is 0 Å². The maximum absolute atomic E-state index is 12.6. The molecule has 0 unspecified atom stereocenters. The molecule has 0 radical (unpaired) electrons. The minimum Gasteiger partial charge on any atom is -0.426 e. The molecule has 0 saturated heterocycles. The number of carbonyl (C=O) groups excluding carboxylic acids is 2. The summed E-state index contributed by atoms with van der Waals surface area (Å²) in [4.78, 5) is 24.0. The smallest absolute Gasteiger partial charge is 0.308 e. The van der Waals surface area contributed by atoms with Gasteiger partial charge in [0.05, 0.1) is 0 Å². The van der Waals surface area contributed by atoms with Crippen molar-refractivity contribution >= 4 is 28.6 Å². The van der Waals surface area contributed by atoms with Gasteiger partial charge in [-0.05, 0) is 34.9 Å². The predicted molar refractivity (Wildman–Crippen MR) is 94.1 cm³/mol. The van der Waals surface area contributed by atoms with Crippen LogP contribution in [-0.4, -0.2) is 11.8 Å². The van der Waals surface area contributed by atoms with Crippen molar-refractivity contribution in [1.82, 2.24) is 0 Å². The van der Waals surface area contributed by atoms with Crippen molar-refractivity contribution in [2.24, 2.45) is 0 Å². The predicted octanol–water partition coefficient (Wildman–Crippen LogP) is 4.64. The first-order valence-electron chi connectivity index (χ1n) is 7.71. The molecule has 0 heterocycles. The Labute approximate surface area is 139 Å². The molecule has 4 rings (SSSR count). The minimum absolute atomic E-state index is 0.0353. The van der Waals surface area contributed by atoms with Gasteiger partial charge in [0.25, 0.3) is 0 Å². The summed E-state index contributed by atoms with van der Waals surface area (Å²) < 4.78 is 5.31. The minimum atomic E-state index is -0.378. The zero-order valence-corrected chi connectivity index (χ0v) is 13.1. The van der Waals surface area contributed by atoms with Gasteiger partial charge in [0.1, 0.15) is 5.75 Å². The summed E-state index contributed by atoms with van der Waals surface area (Å²) in [6.07, 6.45) is 3.40. The molecule has 0 aromatic heterocycles. The normalized spacial score (nSPS) is 12.5. The van der Waals surface area contributed by atoms with Gasteiger partial charge in [-0.15, -0.1) is 0 Å². The van der Waals surface area contributed by atoms with Crippen molar-refractivity contribution in [3.63, 3.8) is 0 Å². The largest absolute Gasteiger partial charge is 0.426 e. The SMILES string of the molecule is CC(=O)Oc1ccc2c3c(c(-c4ccccc4)ccc13)C(=O)C=C2. The Morgan fingerprint density at radius 3 is 2.46 bits per heavy atom. The molecule has 1 aliphatic carbocycles. The fourth-order valence-corrected chi connectivity index (χ4v) is 3.19. The van der Waals surface area contributed by atoms with Crippen LogP contribution in [0.4, 0.5) is 0 Å². The van der Waals surface area contributed by atoms with Gasteiger partial charge in [-0.2, -0.15) is 0 Å². The Morgan fingerprint density at radius 2 is 1.71 bits per heavy atom. The number of benzene rings is 3. The zero-order chi connectivity index (χ0) is 16.7. The Balaban J connectivity index is 2.07. The molecule has 3 nitrogen and oxygen atoms in total. The van der Waals surface area contributed by atoms with E-state index in [1.54, 1.807) is 12.1 Å². The third kappa shape index (κ3) is 2.22. The molecule has 0 N–H and O–H groups in total. The first-order valence-corrected chi connectivity index (χ1v) is 7.71. The lowest BCUT2D eigenvalue weighted by Crippen LogP contribution is -2.07. The van der Waals surface area contributed by atoms with Gasteiger partial charge in [-0.1, -0.05) is 48.5 Å². The molecular formula is C21H14O3. The molecular weight excluding hydrogens is 300 g/mol. The maximum Gasteiger partial charge on any atom is 0.308 e. The van der Waals surface area contributed by atoms with E-state index >= 15 is 0 Å². The van der Waals surface area contributed by atoms with E-state index in [2.05, 4.69) is 0 Å². The quantitative estimate of drug-likeness (QED) is 0.511. The Bertz CT molecular complexity index is 1010. The van der Waals surface area contributed by atoms with Gasteiger partial charge in [-0.3, -0.25) is 9.59 Å². The molecule has 24 heavy (non-hydrogen) atoms. The molecule has 0 bridgehead atoms. The summed E-state index contributed by atoms with van der Waals surface area (Å²) in [7, 11) is 0. The van der Waals surface area contributed by atoms with Crippen LogP contribution in [-0.2, 0) is 4.79 Å². The molecule has 0 spiro atoms. The van der Waals surface area contributed by atoms with Crippen LogP contribution in [0.1, 0.15) is 22.8 Å². The molecule has 0 atom stereocenters. The summed E-state index contributed by atoms with van der Waals surface area (Å²) in [6, 6.07) is 17.3. The van der Waals surface area contributed by atoms with Crippen LogP contribution in [0.15, 0.2) is 60.7 Å². The zero-order valence-electron chi connectivity index (χ0n) is 13.1. The van der Waals surface area contributed by atoms with Crippen LogP contribution < -0.4 is 4.74 Å². The van der Waals surface area contributed by atoms with Crippen LogP contribution in [0, 0.1) is 0 Å². The highest BCUT2D eigenvalue weighted by Crippen LogP contribution is 2.39. The number of allylic oxidation sites excluding steroid dienone is 1. The first kappa shape index (κ1) is 14.4. The Morgan fingerprint density at radius 1 is 0.917 bits per heavy atom. The lowest BCUT2D eigenvalue weighted by atomic mass is 9.86. The van der Waals surface area contributed by atoms with E-state index in [4.69, 9.17) is 4.74 Å². The molecule has 3 aromatic rings. The van der Waals surface area contributed by atoms with E-state index in [1.165, 1.54) is 6.92 Å². The number of hydrogen-bond acceptors (Lipinski definition) is 3. The van der Waals surface area contributed by atoms with Gasteiger partial charge < -0.3 is 4.74 Å². The number of rotatable bonds is 2. The highest BCUT2D eigenvalue weighted by Gasteiger charge is 2.22. The lowest BCUT2D eigenvalue weighted by molar-refractivity contribution is -0.131. The van der Waals surface area contributed by atoms with Crippen molar-refractivity contribution in [3.8, 4) is 16.9 Å². The van der Waals surface area contributed by atoms with E-state index in [-0.39, 0.29) is 11.8 Å². The fraction of sp³-hybridized carbons (Fsp3) is 0.0476. The maximum atomic E-state index is 12.6. The molecule has 0 aliphatic heterocycles. The van der Waals surface area contributed by atoms with Crippen LogP contribution in [0.25, 0.3) is 28.0 Å². The summed E-state index contributed by atoms with van der Waals surface area (Å²) in [6.45, 7) is 1.37. The lowest BCUT2D eigenvalue weighted by Gasteiger charge is -2.18. The standard InChI is InChI=1S/C21H14O3/c1-13(22)24-19-12-8-15-7-11-18(23)21-16(9-10-17(19)20(15)21)14-5-3-2-4-6-14/h2-12H,1H3. The molecule has 3 aromatic carbocycles. The van der Waals surface area contributed by atoms with Crippen molar-refractivity contribution in [1.29, 1.82) is 0 Å². The monoisotopic (exact) mass is 314 g/mol. The van der Waals surface area contributed by atoms with Gasteiger partial charge in [0.2, 0.25) is 0 Å². The third-order valence-electron chi connectivity index (χ3n) is 4.17. The molecule has 0 amide bonds. The highest BCUT2D eigenvalue weighted by molar-refractivity contribution is 6.24. The average Bonchev–Trinajstić information content (AvgIpc) is 2.60. The van der Waals surface area contributed by atoms with E-state index in [0.29, 0.717) is 11.3 Å². The average molecular weight is 314 g/mol. The summed E-state index contributed by atoms with van der Waals surface area (Å²) in [5.41, 5.74) is 3.49. The van der Waals surface area contributed by atoms with Crippen molar-refractivity contribution < 1.29 is 14.3 Å². The topological polar surface area (TPSA) is 43.4 Å². The molecule has 0 saturated carbocycles. The second kappa shape index (κ2) is 5.46. The number of ether oxygens (including phenoxy) is 1. The third-order valence-corrected chi connectivity index (χ3v) is 4.17. The fourth-order valence-electron chi connectivity index (χ4n) is 3.19. The second-order valence-corrected chi connectivity index (χ2v) is 5.72. The number of hydrogen-bond donors (Lipinski definition) is 0.